The molecule has 1 heterocycles. The van der Waals surface area contributed by atoms with Gasteiger partial charge in [-0.3, -0.25) is 4.79 Å². The molecule has 13 heavy (non-hydrogen) atoms. The van der Waals surface area contributed by atoms with Crippen LogP contribution in [0.15, 0.2) is 12.7 Å². The minimum Gasteiger partial charge on any atom is -0.480 e. The Labute approximate surface area is 80.6 Å². The second kappa shape index (κ2) is 4.32. The highest BCUT2D eigenvalue weighted by Crippen LogP contribution is 2.21. The molecule has 1 aliphatic heterocycles. The van der Waals surface area contributed by atoms with Crippen molar-refractivity contribution in [2.24, 2.45) is 0 Å². The number of hydrogen-bond acceptors (Lipinski definition) is 3. The van der Waals surface area contributed by atoms with Gasteiger partial charge in [0, 0.05) is 12.2 Å². The van der Waals surface area contributed by atoms with Crippen molar-refractivity contribution in [3.63, 3.8) is 0 Å². The maximum absolute atomic E-state index is 11.3. The number of carbonyl (C=O) groups excluding carboxylic acids is 1. The normalized spacial score (nSPS) is 21.5. The van der Waals surface area contributed by atoms with Crippen LogP contribution >= 0.6 is 11.8 Å². The second-order valence-electron chi connectivity index (χ2n) is 2.71. The van der Waals surface area contributed by atoms with Crippen LogP contribution in [0.3, 0.4) is 0 Å². The van der Waals surface area contributed by atoms with Gasteiger partial charge in [-0.2, -0.15) is 0 Å². The van der Waals surface area contributed by atoms with E-state index >= 15 is 0 Å². The smallest absolute Gasteiger partial charge is 0.327 e. The highest BCUT2D eigenvalue weighted by atomic mass is 32.2. The number of amides is 1. The van der Waals surface area contributed by atoms with Gasteiger partial charge in [-0.25, -0.2) is 4.79 Å². The highest BCUT2D eigenvalue weighted by Gasteiger charge is 2.33. The molecule has 0 aliphatic carbocycles. The van der Waals surface area contributed by atoms with Crippen LogP contribution in [0.1, 0.15) is 6.42 Å². The molecule has 0 aromatic rings. The SMILES string of the molecule is C=CCC(=O)N1CSCC1C(=O)O. The standard InChI is InChI=1S/C8H11NO3S/c1-2-3-7(10)9-5-13-4-6(9)8(11)12/h2,6H,1,3-5H2,(H,11,12). The van der Waals surface area contributed by atoms with Gasteiger partial charge in [0.15, 0.2) is 0 Å². The predicted octanol–water partition coefficient (Wildman–Crippen LogP) is 0.549. The fraction of sp³-hybridized carbons (Fsp3) is 0.500. The Morgan fingerprint density at radius 1 is 1.69 bits per heavy atom. The topological polar surface area (TPSA) is 57.6 Å². The van der Waals surface area contributed by atoms with Crippen LogP contribution in [0, 0.1) is 0 Å². The number of thioether (sulfide) groups is 1. The summed E-state index contributed by atoms with van der Waals surface area (Å²) in [4.78, 5) is 23.4. The van der Waals surface area contributed by atoms with Crippen LogP contribution in [0.25, 0.3) is 0 Å². The largest absolute Gasteiger partial charge is 0.480 e. The van der Waals surface area contributed by atoms with Gasteiger partial charge >= 0.3 is 5.97 Å². The lowest BCUT2D eigenvalue weighted by atomic mass is 10.2. The minimum absolute atomic E-state index is 0.160. The second-order valence-corrected chi connectivity index (χ2v) is 3.71. The van der Waals surface area contributed by atoms with Crippen molar-refractivity contribution in [3.05, 3.63) is 12.7 Å². The van der Waals surface area contributed by atoms with Crippen molar-refractivity contribution in [2.75, 3.05) is 11.6 Å². The molecule has 1 saturated heterocycles. The lowest BCUT2D eigenvalue weighted by Gasteiger charge is -2.19. The van der Waals surface area contributed by atoms with E-state index in [4.69, 9.17) is 5.11 Å². The lowest BCUT2D eigenvalue weighted by Crippen LogP contribution is -2.41. The maximum Gasteiger partial charge on any atom is 0.327 e. The average Bonchev–Trinajstić information content (AvgIpc) is 2.52. The molecular weight excluding hydrogens is 190 g/mol. The molecule has 72 valence electrons. The number of nitrogens with zero attached hydrogens (tertiary/aromatic N) is 1. The van der Waals surface area contributed by atoms with Crippen molar-refractivity contribution in [1.29, 1.82) is 0 Å². The number of carbonyl (C=O) groups is 2. The maximum atomic E-state index is 11.3. The van der Waals surface area contributed by atoms with Crippen molar-refractivity contribution in [2.45, 2.75) is 12.5 Å². The van der Waals surface area contributed by atoms with Crippen molar-refractivity contribution in [3.8, 4) is 0 Å². The number of aliphatic carboxylic acids is 1. The van der Waals surface area contributed by atoms with Crippen molar-refractivity contribution < 1.29 is 14.7 Å². The molecule has 1 unspecified atom stereocenters. The van der Waals surface area contributed by atoms with Gasteiger partial charge in [0.1, 0.15) is 6.04 Å². The molecule has 0 spiro atoms. The summed E-state index contributed by atoms with van der Waals surface area (Å²) in [5.74, 6) is -0.128. The molecule has 0 radical (unpaired) electrons. The fourth-order valence-corrected chi connectivity index (χ4v) is 2.31. The van der Waals surface area contributed by atoms with Crippen LogP contribution < -0.4 is 0 Å². The first-order valence-electron chi connectivity index (χ1n) is 3.87. The lowest BCUT2D eigenvalue weighted by molar-refractivity contribution is -0.147. The molecule has 0 aromatic heterocycles. The molecule has 1 amide bonds. The zero-order chi connectivity index (χ0) is 9.84. The van der Waals surface area contributed by atoms with Crippen LogP contribution in [-0.2, 0) is 9.59 Å². The predicted molar refractivity (Wildman–Crippen MR) is 50.4 cm³/mol. The summed E-state index contributed by atoms with van der Waals surface area (Å²) < 4.78 is 0. The van der Waals surface area contributed by atoms with Crippen LogP contribution in [0.4, 0.5) is 0 Å². The summed E-state index contributed by atoms with van der Waals surface area (Å²) in [6.07, 6.45) is 1.70. The monoisotopic (exact) mass is 201 g/mol. The first-order chi connectivity index (χ1) is 6.16. The van der Waals surface area contributed by atoms with E-state index in [9.17, 15) is 9.59 Å². The first kappa shape index (κ1) is 10.1. The van der Waals surface area contributed by atoms with Crippen LogP contribution in [-0.4, -0.2) is 39.6 Å². The molecule has 1 fully saturated rings. The highest BCUT2D eigenvalue weighted by molar-refractivity contribution is 7.99. The summed E-state index contributed by atoms with van der Waals surface area (Å²) >= 11 is 1.46. The Morgan fingerprint density at radius 2 is 2.38 bits per heavy atom. The summed E-state index contributed by atoms with van der Waals surface area (Å²) in [5.41, 5.74) is 0. The van der Waals surface area contributed by atoms with Gasteiger partial charge in [0.25, 0.3) is 0 Å². The van der Waals surface area contributed by atoms with Gasteiger partial charge in [-0.05, 0) is 0 Å². The van der Waals surface area contributed by atoms with E-state index in [1.54, 1.807) is 0 Å². The number of carboxylic acid groups (broad SMARTS) is 1. The van der Waals surface area contributed by atoms with E-state index in [0.29, 0.717) is 11.6 Å². The van der Waals surface area contributed by atoms with Crippen molar-refractivity contribution >= 4 is 23.6 Å². The van der Waals surface area contributed by atoms with Gasteiger partial charge < -0.3 is 10.0 Å². The van der Waals surface area contributed by atoms with Gasteiger partial charge in [-0.15, -0.1) is 18.3 Å². The van der Waals surface area contributed by atoms with E-state index in [0.717, 1.165) is 0 Å². The van der Waals surface area contributed by atoms with Crippen molar-refractivity contribution in [1.82, 2.24) is 4.90 Å². The van der Waals surface area contributed by atoms with Gasteiger partial charge in [0.05, 0.1) is 5.88 Å². The molecule has 1 rings (SSSR count). The number of rotatable bonds is 3. The average molecular weight is 201 g/mol. The number of hydrogen-bond donors (Lipinski definition) is 1. The van der Waals surface area contributed by atoms with Gasteiger partial charge in [-0.1, -0.05) is 6.08 Å². The molecule has 1 aliphatic rings. The molecular formula is C8H11NO3S. The molecule has 0 aromatic carbocycles. The third-order valence-corrected chi connectivity index (χ3v) is 2.82. The van der Waals surface area contributed by atoms with Crippen LogP contribution in [0.5, 0.6) is 0 Å². The summed E-state index contributed by atoms with van der Waals surface area (Å²) in [7, 11) is 0. The summed E-state index contributed by atoms with van der Waals surface area (Å²) in [5, 5.41) is 8.77. The Hall–Kier alpha value is -0.970. The third-order valence-electron chi connectivity index (χ3n) is 1.81. The Bertz CT molecular complexity index is 242. The zero-order valence-electron chi connectivity index (χ0n) is 7.10. The molecule has 1 N–H and O–H groups in total. The van der Waals surface area contributed by atoms with E-state index < -0.39 is 12.0 Å². The summed E-state index contributed by atoms with van der Waals surface area (Å²) in [6.45, 7) is 3.44. The Balaban J connectivity index is 2.62. The molecule has 0 saturated carbocycles. The molecule has 0 bridgehead atoms. The summed E-state index contributed by atoms with van der Waals surface area (Å²) in [6, 6.07) is -0.655. The molecule has 5 heteroatoms. The van der Waals surface area contributed by atoms with E-state index in [1.807, 2.05) is 0 Å². The first-order valence-corrected chi connectivity index (χ1v) is 5.03. The number of carboxylic acids is 1. The Kier molecular flexibility index (Phi) is 3.36. The van der Waals surface area contributed by atoms with Crippen LogP contribution in [0.2, 0.25) is 0 Å². The minimum atomic E-state index is -0.928. The van der Waals surface area contributed by atoms with E-state index in [2.05, 4.69) is 6.58 Å². The third kappa shape index (κ3) is 2.24. The Morgan fingerprint density at radius 3 is 2.92 bits per heavy atom. The van der Waals surface area contributed by atoms with Gasteiger partial charge in [0.2, 0.25) is 5.91 Å². The van der Waals surface area contributed by atoms with E-state index in [-0.39, 0.29) is 12.3 Å². The molecule has 4 nitrogen and oxygen atoms in total. The zero-order valence-corrected chi connectivity index (χ0v) is 7.92. The van der Waals surface area contributed by atoms with E-state index in [1.165, 1.54) is 22.7 Å². The quantitative estimate of drug-likeness (QED) is 0.677. The molecule has 1 atom stereocenters. The fourth-order valence-electron chi connectivity index (χ4n) is 1.13.